The number of methoxy groups -OCH3 is 1. The van der Waals surface area contributed by atoms with Crippen molar-refractivity contribution in [1.82, 2.24) is 9.55 Å². The van der Waals surface area contributed by atoms with Gasteiger partial charge in [-0.15, -0.1) is 0 Å². The molecule has 0 aliphatic carbocycles. The third kappa shape index (κ3) is 4.27. The standard InChI is InChI=1S/C19H19ClN4O3/c1-12(11-27-2)24-17(15-8-3-4-9-16(15)22-19(24)26)23-18(25)21-14-7-5-6-13(20)10-14/h3-10,12H,11H2,1-2H3,(H2,21,23,25)/t12-/m0/s1. The summed E-state index contributed by atoms with van der Waals surface area (Å²) < 4.78 is 6.58. The predicted octanol–water partition coefficient (Wildman–Crippen LogP) is 3.90. The van der Waals surface area contributed by atoms with Crippen molar-refractivity contribution in [3.8, 4) is 0 Å². The van der Waals surface area contributed by atoms with Crippen LogP contribution in [0, 0.1) is 0 Å². The average molecular weight is 387 g/mol. The van der Waals surface area contributed by atoms with E-state index in [1.54, 1.807) is 49.6 Å². The summed E-state index contributed by atoms with van der Waals surface area (Å²) in [5.41, 5.74) is 0.579. The molecule has 0 saturated carbocycles. The number of anilines is 2. The molecule has 1 aromatic heterocycles. The molecule has 0 bridgehead atoms. The number of hydrogen-bond acceptors (Lipinski definition) is 4. The zero-order valence-electron chi connectivity index (χ0n) is 14.9. The average Bonchev–Trinajstić information content (AvgIpc) is 2.61. The second-order valence-electron chi connectivity index (χ2n) is 6.02. The Labute approximate surface area is 160 Å². The topological polar surface area (TPSA) is 85.2 Å². The Morgan fingerprint density at radius 2 is 2.00 bits per heavy atom. The summed E-state index contributed by atoms with van der Waals surface area (Å²) in [5, 5.41) is 6.65. The monoisotopic (exact) mass is 386 g/mol. The maximum atomic E-state index is 12.6. The van der Waals surface area contributed by atoms with Gasteiger partial charge in [-0.25, -0.2) is 9.59 Å². The highest BCUT2D eigenvalue weighted by atomic mass is 35.5. The minimum absolute atomic E-state index is 0.296. The van der Waals surface area contributed by atoms with Gasteiger partial charge in [-0.05, 0) is 37.3 Å². The van der Waals surface area contributed by atoms with Gasteiger partial charge in [-0.3, -0.25) is 9.88 Å². The first kappa shape index (κ1) is 18.9. The van der Waals surface area contributed by atoms with Crippen LogP contribution in [-0.2, 0) is 4.74 Å². The number of halogens is 1. The van der Waals surface area contributed by atoms with Gasteiger partial charge in [0.2, 0.25) is 0 Å². The molecule has 0 saturated heterocycles. The number of aromatic nitrogens is 2. The summed E-state index contributed by atoms with van der Waals surface area (Å²) in [6.07, 6.45) is 0. The van der Waals surface area contributed by atoms with Crippen molar-refractivity contribution in [1.29, 1.82) is 0 Å². The van der Waals surface area contributed by atoms with E-state index >= 15 is 0 Å². The minimum atomic E-state index is -0.494. The van der Waals surface area contributed by atoms with E-state index in [0.29, 0.717) is 34.0 Å². The number of carbonyl (C=O) groups is 1. The van der Waals surface area contributed by atoms with E-state index in [4.69, 9.17) is 16.3 Å². The number of para-hydroxylation sites is 1. The van der Waals surface area contributed by atoms with Crippen molar-refractivity contribution in [2.75, 3.05) is 24.4 Å². The zero-order chi connectivity index (χ0) is 19.4. The number of nitrogens with zero attached hydrogens (tertiary/aromatic N) is 2. The maximum absolute atomic E-state index is 12.6. The van der Waals surface area contributed by atoms with Crippen molar-refractivity contribution in [3.05, 3.63) is 64.0 Å². The molecule has 2 N–H and O–H groups in total. The van der Waals surface area contributed by atoms with Crippen LogP contribution in [0.1, 0.15) is 13.0 Å². The number of nitrogens with one attached hydrogen (secondary N) is 2. The second kappa shape index (κ2) is 8.20. The summed E-state index contributed by atoms with van der Waals surface area (Å²) in [6, 6.07) is 13.1. The Balaban J connectivity index is 2.01. The van der Waals surface area contributed by atoms with E-state index in [9.17, 15) is 9.59 Å². The number of benzene rings is 2. The van der Waals surface area contributed by atoms with Gasteiger partial charge in [0.05, 0.1) is 18.2 Å². The second-order valence-corrected chi connectivity index (χ2v) is 6.46. The van der Waals surface area contributed by atoms with Gasteiger partial charge in [-0.2, -0.15) is 4.98 Å². The summed E-state index contributed by atoms with van der Waals surface area (Å²) in [7, 11) is 1.55. The van der Waals surface area contributed by atoms with Crippen molar-refractivity contribution in [3.63, 3.8) is 0 Å². The van der Waals surface area contributed by atoms with E-state index in [1.807, 2.05) is 13.0 Å². The molecule has 0 spiro atoms. The molecule has 7 nitrogen and oxygen atoms in total. The maximum Gasteiger partial charge on any atom is 0.350 e. The first-order valence-corrected chi connectivity index (χ1v) is 8.71. The van der Waals surface area contributed by atoms with Crippen LogP contribution < -0.4 is 16.3 Å². The van der Waals surface area contributed by atoms with Crippen molar-refractivity contribution < 1.29 is 9.53 Å². The molecule has 8 heteroatoms. The van der Waals surface area contributed by atoms with Gasteiger partial charge in [0, 0.05) is 23.2 Å². The lowest BCUT2D eigenvalue weighted by atomic mass is 10.2. The molecule has 2 aromatic carbocycles. The number of fused-ring (bicyclic) bond motifs is 1. The lowest BCUT2D eigenvalue weighted by Gasteiger charge is -2.20. The highest BCUT2D eigenvalue weighted by Crippen LogP contribution is 2.23. The fourth-order valence-electron chi connectivity index (χ4n) is 2.84. The molecular weight excluding hydrogens is 368 g/mol. The van der Waals surface area contributed by atoms with Crippen LogP contribution in [0.15, 0.2) is 53.3 Å². The van der Waals surface area contributed by atoms with Gasteiger partial charge in [0.1, 0.15) is 5.82 Å². The Morgan fingerprint density at radius 1 is 1.22 bits per heavy atom. The highest BCUT2D eigenvalue weighted by Gasteiger charge is 2.18. The molecule has 27 heavy (non-hydrogen) atoms. The van der Waals surface area contributed by atoms with E-state index < -0.39 is 11.7 Å². The van der Waals surface area contributed by atoms with Crippen LogP contribution in [0.5, 0.6) is 0 Å². The van der Waals surface area contributed by atoms with E-state index in [2.05, 4.69) is 15.6 Å². The first-order valence-electron chi connectivity index (χ1n) is 8.33. The molecule has 0 aliphatic heterocycles. The minimum Gasteiger partial charge on any atom is -0.383 e. The fourth-order valence-corrected chi connectivity index (χ4v) is 3.03. The lowest BCUT2D eigenvalue weighted by molar-refractivity contribution is 0.161. The molecule has 1 atom stereocenters. The zero-order valence-corrected chi connectivity index (χ0v) is 15.7. The number of carbonyl (C=O) groups excluding carboxylic acids is 1. The molecular formula is C19H19ClN4O3. The Hall–Kier alpha value is -2.90. The largest absolute Gasteiger partial charge is 0.383 e. The quantitative estimate of drug-likeness (QED) is 0.696. The first-order chi connectivity index (χ1) is 13.0. The van der Waals surface area contributed by atoms with Gasteiger partial charge in [0.15, 0.2) is 0 Å². The van der Waals surface area contributed by atoms with Crippen LogP contribution in [-0.4, -0.2) is 29.3 Å². The molecule has 0 unspecified atom stereocenters. The third-order valence-electron chi connectivity index (χ3n) is 3.99. The SMILES string of the molecule is COC[C@H](C)n1c(NC(=O)Nc2cccc(Cl)c2)c2ccccc2nc1=O. The predicted molar refractivity (Wildman–Crippen MR) is 107 cm³/mol. The van der Waals surface area contributed by atoms with E-state index in [1.165, 1.54) is 4.57 Å². The Kier molecular flexibility index (Phi) is 5.73. The molecule has 2 amide bonds. The summed E-state index contributed by atoms with van der Waals surface area (Å²) in [4.78, 5) is 29.2. The van der Waals surface area contributed by atoms with Crippen molar-refractivity contribution >= 4 is 40.0 Å². The van der Waals surface area contributed by atoms with Crippen LogP contribution in [0.25, 0.3) is 10.9 Å². The molecule has 140 valence electrons. The number of rotatable bonds is 5. The highest BCUT2D eigenvalue weighted by molar-refractivity contribution is 6.30. The van der Waals surface area contributed by atoms with Gasteiger partial charge in [0.25, 0.3) is 0 Å². The normalized spacial score (nSPS) is 12.0. The molecule has 3 aromatic rings. The van der Waals surface area contributed by atoms with Crippen LogP contribution in [0.4, 0.5) is 16.3 Å². The Bertz CT molecular complexity index is 1030. The van der Waals surface area contributed by atoms with Crippen molar-refractivity contribution in [2.45, 2.75) is 13.0 Å². The van der Waals surface area contributed by atoms with Crippen molar-refractivity contribution in [2.24, 2.45) is 0 Å². The smallest absolute Gasteiger partial charge is 0.350 e. The van der Waals surface area contributed by atoms with Crippen LogP contribution in [0.3, 0.4) is 0 Å². The number of ether oxygens (including phenoxy) is 1. The van der Waals surface area contributed by atoms with Gasteiger partial charge < -0.3 is 10.1 Å². The summed E-state index contributed by atoms with van der Waals surface area (Å²) in [6.45, 7) is 2.12. The third-order valence-corrected chi connectivity index (χ3v) is 4.22. The van der Waals surface area contributed by atoms with Gasteiger partial charge in [-0.1, -0.05) is 29.8 Å². The van der Waals surface area contributed by atoms with Crippen LogP contribution in [0.2, 0.25) is 5.02 Å². The van der Waals surface area contributed by atoms with Crippen LogP contribution >= 0.6 is 11.6 Å². The van der Waals surface area contributed by atoms with Gasteiger partial charge >= 0.3 is 11.7 Å². The molecule has 0 fully saturated rings. The molecule has 0 aliphatic rings. The lowest BCUT2D eigenvalue weighted by Crippen LogP contribution is -2.32. The number of amides is 2. The molecule has 0 radical (unpaired) electrons. The summed E-state index contributed by atoms with van der Waals surface area (Å²) in [5.74, 6) is 0.356. The Morgan fingerprint density at radius 3 is 2.74 bits per heavy atom. The molecule has 1 heterocycles. The molecule has 3 rings (SSSR count). The fraction of sp³-hybridized carbons (Fsp3) is 0.211. The number of urea groups is 1. The van der Waals surface area contributed by atoms with E-state index in [0.717, 1.165) is 0 Å². The number of hydrogen-bond donors (Lipinski definition) is 2. The van der Waals surface area contributed by atoms with E-state index in [-0.39, 0.29) is 6.04 Å². The summed E-state index contributed by atoms with van der Waals surface area (Å²) >= 11 is 5.95.